The third-order valence-electron chi connectivity index (χ3n) is 3.49. The van der Waals surface area contributed by atoms with Crippen molar-refractivity contribution in [1.29, 1.82) is 0 Å². The Bertz CT molecular complexity index is 350. The molecular weight excluding hydrogens is 174 g/mol. The van der Waals surface area contributed by atoms with Crippen molar-refractivity contribution in [2.45, 2.75) is 19.3 Å². The quantitative estimate of drug-likeness (QED) is 0.665. The van der Waals surface area contributed by atoms with Crippen molar-refractivity contribution in [2.75, 3.05) is 19.6 Å². The van der Waals surface area contributed by atoms with Gasteiger partial charge in [-0.15, -0.1) is 0 Å². The fourth-order valence-electron chi connectivity index (χ4n) is 2.78. The van der Waals surface area contributed by atoms with Crippen LogP contribution in [0.25, 0.3) is 0 Å². The van der Waals surface area contributed by atoms with Gasteiger partial charge in [-0.25, -0.2) is 0 Å². The van der Waals surface area contributed by atoms with E-state index in [2.05, 4.69) is 14.9 Å². The van der Waals surface area contributed by atoms with E-state index in [9.17, 15) is 0 Å². The molecule has 3 atom stereocenters. The first-order valence-electron chi connectivity index (χ1n) is 5.34. The van der Waals surface area contributed by atoms with Crippen LogP contribution in [0.5, 0.6) is 0 Å². The highest BCUT2D eigenvalue weighted by atomic mass is 15.2. The lowest BCUT2D eigenvalue weighted by Crippen LogP contribution is -2.22. The summed E-state index contributed by atoms with van der Waals surface area (Å²) in [6.45, 7) is 5.79. The average molecular weight is 189 g/mol. The molecule has 2 aliphatic rings. The smallest absolute Gasteiger partial charge is 0.0636 e. The van der Waals surface area contributed by atoms with Crippen LogP contribution in [0.15, 0.2) is 12.4 Å². The topological polar surface area (TPSA) is 29.0 Å². The summed E-state index contributed by atoms with van der Waals surface area (Å²) >= 11 is 0. The Labute approximate surface area is 84.2 Å². The molecule has 0 radical (unpaired) electrons. The maximum absolute atomic E-state index is 4.58. The number of aromatic nitrogens is 2. The van der Waals surface area contributed by atoms with Gasteiger partial charge in [0.2, 0.25) is 0 Å². The van der Waals surface area contributed by atoms with Crippen LogP contribution < -0.4 is 0 Å². The van der Waals surface area contributed by atoms with Crippen molar-refractivity contribution in [2.24, 2.45) is 5.92 Å². The minimum Gasteiger partial charge on any atom is -0.302 e. The number of nitrogens with zero attached hydrogens (tertiary/aromatic N) is 3. The highest BCUT2D eigenvalue weighted by molar-refractivity contribution is 5.14. The minimum absolute atomic E-state index is 0.649. The SMILES string of the molecule is Cc1cncc(C2CN3CCC2C3)n1. The number of rotatable bonds is 1. The van der Waals surface area contributed by atoms with Gasteiger partial charge in [0, 0.05) is 31.4 Å². The normalized spacial score (nSPS) is 35.1. The highest BCUT2D eigenvalue weighted by Gasteiger charge is 2.39. The Morgan fingerprint density at radius 1 is 1.36 bits per heavy atom. The van der Waals surface area contributed by atoms with E-state index < -0.39 is 0 Å². The summed E-state index contributed by atoms with van der Waals surface area (Å²) in [4.78, 5) is 11.4. The van der Waals surface area contributed by atoms with E-state index in [0.717, 1.165) is 11.6 Å². The third-order valence-corrected chi connectivity index (χ3v) is 3.49. The fraction of sp³-hybridized carbons (Fsp3) is 0.636. The molecule has 2 saturated heterocycles. The summed E-state index contributed by atoms with van der Waals surface area (Å²) in [5.41, 5.74) is 2.25. The van der Waals surface area contributed by atoms with E-state index in [1.165, 1.54) is 31.7 Å². The maximum Gasteiger partial charge on any atom is 0.0636 e. The van der Waals surface area contributed by atoms with Crippen molar-refractivity contribution in [1.82, 2.24) is 14.9 Å². The molecule has 0 aromatic carbocycles. The second kappa shape index (κ2) is 3.02. The Morgan fingerprint density at radius 2 is 2.29 bits per heavy atom. The molecule has 0 amide bonds. The van der Waals surface area contributed by atoms with Crippen molar-refractivity contribution in [3.8, 4) is 0 Å². The van der Waals surface area contributed by atoms with Gasteiger partial charge in [0.05, 0.1) is 11.4 Å². The summed E-state index contributed by atoms with van der Waals surface area (Å²) in [5, 5.41) is 0. The molecule has 0 spiro atoms. The Kier molecular flexibility index (Phi) is 1.80. The van der Waals surface area contributed by atoms with E-state index in [0.29, 0.717) is 5.92 Å². The molecule has 3 unspecified atom stereocenters. The second-order valence-electron chi connectivity index (χ2n) is 4.50. The lowest BCUT2D eigenvalue weighted by Gasteiger charge is -2.21. The Hall–Kier alpha value is -0.960. The molecule has 2 fully saturated rings. The van der Waals surface area contributed by atoms with E-state index in [-0.39, 0.29) is 0 Å². The zero-order chi connectivity index (χ0) is 9.54. The van der Waals surface area contributed by atoms with Crippen LogP contribution in [0.2, 0.25) is 0 Å². The molecule has 3 rings (SSSR count). The third kappa shape index (κ3) is 1.23. The number of hydrogen-bond donors (Lipinski definition) is 0. The predicted octanol–water partition coefficient (Wildman–Crippen LogP) is 1.20. The van der Waals surface area contributed by atoms with Crippen molar-refractivity contribution in [3.05, 3.63) is 23.8 Å². The van der Waals surface area contributed by atoms with Gasteiger partial charge in [0.1, 0.15) is 0 Å². The monoisotopic (exact) mass is 189 g/mol. The first kappa shape index (κ1) is 8.36. The van der Waals surface area contributed by atoms with Crippen LogP contribution in [0.3, 0.4) is 0 Å². The van der Waals surface area contributed by atoms with Crippen LogP contribution in [0.1, 0.15) is 23.7 Å². The van der Waals surface area contributed by atoms with E-state index in [4.69, 9.17) is 0 Å². The lowest BCUT2D eigenvalue weighted by molar-refractivity contribution is 0.343. The van der Waals surface area contributed by atoms with Crippen LogP contribution in [0.4, 0.5) is 0 Å². The van der Waals surface area contributed by atoms with Crippen LogP contribution in [-0.2, 0) is 0 Å². The van der Waals surface area contributed by atoms with E-state index >= 15 is 0 Å². The summed E-state index contributed by atoms with van der Waals surface area (Å²) < 4.78 is 0. The number of aryl methyl sites for hydroxylation is 1. The van der Waals surface area contributed by atoms with Crippen LogP contribution >= 0.6 is 0 Å². The Balaban J connectivity index is 1.89. The average Bonchev–Trinajstić information content (AvgIpc) is 2.78. The molecule has 14 heavy (non-hydrogen) atoms. The summed E-state index contributed by atoms with van der Waals surface area (Å²) in [6, 6.07) is 0. The number of fused-ring (bicyclic) bond motifs is 2. The molecule has 2 bridgehead atoms. The molecule has 0 aliphatic carbocycles. The molecule has 74 valence electrons. The zero-order valence-corrected chi connectivity index (χ0v) is 8.48. The molecule has 1 aromatic heterocycles. The van der Waals surface area contributed by atoms with Gasteiger partial charge in [-0.2, -0.15) is 0 Å². The number of piperidine rings is 1. The van der Waals surface area contributed by atoms with E-state index in [1.54, 1.807) is 0 Å². The van der Waals surface area contributed by atoms with Gasteiger partial charge in [-0.3, -0.25) is 9.97 Å². The molecular formula is C11H15N3. The van der Waals surface area contributed by atoms with Gasteiger partial charge in [-0.1, -0.05) is 0 Å². The van der Waals surface area contributed by atoms with Crippen LogP contribution in [-0.4, -0.2) is 34.5 Å². The van der Waals surface area contributed by atoms with Crippen molar-refractivity contribution in [3.63, 3.8) is 0 Å². The minimum atomic E-state index is 0.649. The summed E-state index contributed by atoms with van der Waals surface area (Å²) in [7, 11) is 0. The Morgan fingerprint density at radius 3 is 2.93 bits per heavy atom. The van der Waals surface area contributed by atoms with Gasteiger partial charge < -0.3 is 4.90 Å². The number of hydrogen-bond acceptors (Lipinski definition) is 3. The molecule has 0 N–H and O–H groups in total. The molecule has 3 heterocycles. The molecule has 0 saturated carbocycles. The molecule has 3 heteroatoms. The van der Waals surface area contributed by atoms with Gasteiger partial charge in [-0.05, 0) is 25.8 Å². The molecule has 1 aromatic rings. The van der Waals surface area contributed by atoms with Gasteiger partial charge in [0.15, 0.2) is 0 Å². The molecule has 2 aliphatic heterocycles. The van der Waals surface area contributed by atoms with Crippen LogP contribution in [0, 0.1) is 12.8 Å². The van der Waals surface area contributed by atoms with Gasteiger partial charge in [0.25, 0.3) is 0 Å². The standard InChI is InChI=1S/C11H15N3/c1-8-4-12-5-11(13-8)10-7-14-3-2-9(10)6-14/h4-5,9-10H,2-3,6-7H2,1H3. The first-order valence-corrected chi connectivity index (χ1v) is 5.34. The fourth-order valence-corrected chi connectivity index (χ4v) is 2.78. The van der Waals surface area contributed by atoms with Crippen molar-refractivity contribution < 1.29 is 0 Å². The zero-order valence-electron chi connectivity index (χ0n) is 8.48. The molecule has 3 nitrogen and oxygen atoms in total. The summed E-state index contributed by atoms with van der Waals surface area (Å²) in [6.07, 6.45) is 5.12. The largest absolute Gasteiger partial charge is 0.302 e. The second-order valence-corrected chi connectivity index (χ2v) is 4.50. The van der Waals surface area contributed by atoms with Gasteiger partial charge >= 0.3 is 0 Å². The van der Waals surface area contributed by atoms with Crippen molar-refractivity contribution >= 4 is 0 Å². The summed E-state index contributed by atoms with van der Waals surface area (Å²) in [5.74, 6) is 1.49. The maximum atomic E-state index is 4.58. The lowest BCUT2D eigenvalue weighted by atomic mass is 9.90. The van der Waals surface area contributed by atoms with E-state index in [1.807, 2.05) is 19.3 Å². The highest BCUT2D eigenvalue weighted by Crippen LogP contribution is 2.38. The first-order chi connectivity index (χ1) is 6.83. The predicted molar refractivity (Wildman–Crippen MR) is 54.1 cm³/mol.